The predicted octanol–water partition coefficient (Wildman–Crippen LogP) is 2.15. The van der Waals surface area contributed by atoms with Crippen LogP contribution < -0.4 is 5.73 Å². The van der Waals surface area contributed by atoms with Gasteiger partial charge in [0.1, 0.15) is 5.82 Å². The zero-order valence-corrected chi connectivity index (χ0v) is 7.76. The predicted molar refractivity (Wildman–Crippen MR) is 48.6 cm³/mol. The van der Waals surface area contributed by atoms with Crippen molar-refractivity contribution >= 4 is 23.7 Å². The maximum absolute atomic E-state index is 12.5. The van der Waals surface area contributed by atoms with Gasteiger partial charge in [-0.2, -0.15) is 0 Å². The Balaban J connectivity index is 3.42. The number of carbonyl (C=O) groups excluding carboxylic acids is 1. The molecule has 0 unspecified atom stereocenters. The van der Waals surface area contributed by atoms with Crippen LogP contribution in [0.3, 0.4) is 0 Å². The largest absolute Gasteiger partial charge is 0.383 e. The van der Waals surface area contributed by atoms with Gasteiger partial charge >= 0.3 is 0 Å². The molecule has 0 saturated carbocycles. The summed E-state index contributed by atoms with van der Waals surface area (Å²) in [6, 6.07) is 0. The fourth-order valence-electron chi connectivity index (χ4n) is 1.09. The van der Waals surface area contributed by atoms with E-state index >= 15 is 0 Å². The lowest BCUT2D eigenvalue weighted by molar-refractivity contribution is 0.112. The van der Waals surface area contributed by atoms with Crippen LogP contribution in [-0.2, 0) is 5.88 Å². The number of nitrogen functional groups attached to an aromatic ring is 1. The molecule has 0 atom stereocenters. The molecule has 6 heteroatoms. The molecule has 76 valence electrons. The van der Waals surface area contributed by atoms with Crippen LogP contribution >= 0.6 is 11.6 Å². The summed E-state index contributed by atoms with van der Waals surface area (Å²) >= 11 is 5.46. The van der Waals surface area contributed by atoms with Crippen LogP contribution in [0.2, 0.25) is 0 Å². The van der Waals surface area contributed by atoms with Gasteiger partial charge in [-0.1, -0.05) is 0 Å². The standard InChI is InChI=1S/C8H7ClF2N2O/c9-1-5-4(3-14)2-13-8(12)6(5)7(10)11/h2-3,7H,1H2,(H2,12,13). The molecular formula is C8H7ClF2N2O. The minimum Gasteiger partial charge on any atom is -0.383 e. The van der Waals surface area contributed by atoms with Gasteiger partial charge in [0.25, 0.3) is 6.43 Å². The highest BCUT2D eigenvalue weighted by Crippen LogP contribution is 2.29. The second-order valence-corrected chi connectivity index (χ2v) is 2.81. The van der Waals surface area contributed by atoms with E-state index in [-0.39, 0.29) is 22.8 Å². The number of anilines is 1. The normalized spacial score (nSPS) is 10.6. The molecule has 0 aromatic carbocycles. The molecule has 0 bridgehead atoms. The fraction of sp³-hybridized carbons (Fsp3) is 0.250. The van der Waals surface area contributed by atoms with Crippen molar-refractivity contribution in [1.29, 1.82) is 0 Å². The van der Waals surface area contributed by atoms with Gasteiger partial charge in [-0.3, -0.25) is 4.79 Å². The van der Waals surface area contributed by atoms with Gasteiger partial charge in [0, 0.05) is 17.6 Å². The lowest BCUT2D eigenvalue weighted by Crippen LogP contribution is -2.05. The van der Waals surface area contributed by atoms with E-state index in [0.717, 1.165) is 6.20 Å². The third-order valence-electron chi connectivity index (χ3n) is 1.77. The van der Waals surface area contributed by atoms with E-state index in [0.29, 0.717) is 6.29 Å². The third kappa shape index (κ3) is 1.82. The Kier molecular flexibility index (Phi) is 3.35. The maximum atomic E-state index is 12.5. The number of aldehydes is 1. The maximum Gasteiger partial charge on any atom is 0.267 e. The molecule has 1 rings (SSSR count). The first-order chi connectivity index (χ1) is 6.61. The summed E-state index contributed by atoms with van der Waals surface area (Å²) in [5, 5.41) is 0. The smallest absolute Gasteiger partial charge is 0.267 e. The van der Waals surface area contributed by atoms with Gasteiger partial charge in [0.15, 0.2) is 6.29 Å². The van der Waals surface area contributed by atoms with Crippen LogP contribution in [0, 0.1) is 0 Å². The molecule has 3 nitrogen and oxygen atoms in total. The van der Waals surface area contributed by atoms with E-state index in [1.165, 1.54) is 0 Å². The first-order valence-corrected chi connectivity index (χ1v) is 4.21. The van der Waals surface area contributed by atoms with Crippen LogP contribution in [0.5, 0.6) is 0 Å². The van der Waals surface area contributed by atoms with E-state index in [9.17, 15) is 13.6 Å². The Bertz CT molecular complexity index is 357. The summed E-state index contributed by atoms with van der Waals surface area (Å²) in [6.45, 7) is 0. The number of rotatable bonds is 3. The molecule has 1 heterocycles. The number of hydrogen-bond donors (Lipinski definition) is 1. The monoisotopic (exact) mass is 220 g/mol. The number of halogens is 3. The molecule has 0 radical (unpaired) electrons. The van der Waals surface area contributed by atoms with Crippen molar-refractivity contribution in [1.82, 2.24) is 4.98 Å². The zero-order valence-electron chi connectivity index (χ0n) is 7.01. The number of nitrogens with two attached hydrogens (primary N) is 1. The van der Waals surface area contributed by atoms with Crippen LogP contribution in [0.15, 0.2) is 6.20 Å². The Morgan fingerprint density at radius 1 is 1.64 bits per heavy atom. The molecule has 1 aromatic heterocycles. The van der Waals surface area contributed by atoms with Crippen molar-refractivity contribution < 1.29 is 13.6 Å². The SMILES string of the molecule is Nc1ncc(C=O)c(CCl)c1C(F)F. The number of pyridine rings is 1. The number of hydrogen-bond acceptors (Lipinski definition) is 3. The highest BCUT2D eigenvalue weighted by molar-refractivity contribution is 6.17. The van der Waals surface area contributed by atoms with Gasteiger partial charge < -0.3 is 5.73 Å². The number of nitrogens with zero attached hydrogens (tertiary/aromatic N) is 1. The Labute approximate surface area is 83.9 Å². The molecular weight excluding hydrogens is 214 g/mol. The second-order valence-electron chi connectivity index (χ2n) is 2.54. The van der Waals surface area contributed by atoms with Crippen molar-refractivity contribution in [3.63, 3.8) is 0 Å². The lowest BCUT2D eigenvalue weighted by Gasteiger charge is -2.10. The molecule has 2 N–H and O–H groups in total. The minimum absolute atomic E-state index is 0.0455. The van der Waals surface area contributed by atoms with Crippen molar-refractivity contribution in [2.45, 2.75) is 12.3 Å². The van der Waals surface area contributed by atoms with E-state index < -0.39 is 12.0 Å². The van der Waals surface area contributed by atoms with Gasteiger partial charge in [-0.15, -0.1) is 11.6 Å². The van der Waals surface area contributed by atoms with Crippen molar-refractivity contribution in [3.05, 3.63) is 22.9 Å². The second kappa shape index (κ2) is 4.32. The van der Waals surface area contributed by atoms with Crippen LogP contribution in [0.4, 0.5) is 14.6 Å². The Morgan fingerprint density at radius 2 is 2.29 bits per heavy atom. The van der Waals surface area contributed by atoms with Gasteiger partial charge in [-0.25, -0.2) is 13.8 Å². The summed E-state index contributed by atoms with van der Waals surface area (Å²) in [5.74, 6) is -0.484. The first-order valence-electron chi connectivity index (χ1n) is 3.68. The van der Waals surface area contributed by atoms with Gasteiger partial charge in [-0.05, 0) is 5.56 Å². The Morgan fingerprint density at radius 3 is 2.71 bits per heavy atom. The van der Waals surface area contributed by atoms with E-state index in [1.54, 1.807) is 0 Å². The topological polar surface area (TPSA) is 56.0 Å². The van der Waals surface area contributed by atoms with Crippen LogP contribution in [-0.4, -0.2) is 11.3 Å². The molecule has 0 aliphatic carbocycles. The van der Waals surface area contributed by atoms with E-state index in [2.05, 4.69) is 4.98 Å². The molecule has 14 heavy (non-hydrogen) atoms. The molecule has 0 fully saturated rings. The van der Waals surface area contributed by atoms with E-state index in [1.807, 2.05) is 0 Å². The molecule has 0 amide bonds. The molecule has 1 aromatic rings. The van der Waals surface area contributed by atoms with Gasteiger partial charge in [0.2, 0.25) is 0 Å². The summed E-state index contributed by atoms with van der Waals surface area (Å²) in [5.41, 5.74) is 4.89. The zero-order chi connectivity index (χ0) is 10.7. The average molecular weight is 221 g/mol. The van der Waals surface area contributed by atoms with Crippen molar-refractivity contribution in [2.75, 3.05) is 5.73 Å². The molecule has 0 aliphatic rings. The fourth-order valence-corrected chi connectivity index (χ4v) is 1.39. The van der Waals surface area contributed by atoms with Gasteiger partial charge in [0.05, 0.1) is 5.56 Å². The summed E-state index contributed by atoms with van der Waals surface area (Å²) in [7, 11) is 0. The van der Waals surface area contributed by atoms with E-state index in [4.69, 9.17) is 17.3 Å². The third-order valence-corrected chi connectivity index (χ3v) is 2.04. The quantitative estimate of drug-likeness (QED) is 0.627. The van der Waals surface area contributed by atoms with Crippen LogP contribution in [0.25, 0.3) is 0 Å². The average Bonchev–Trinajstić information content (AvgIpc) is 2.16. The lowest BCUT2D eigenvalue weighted by atomic mass is 10.1. The minimum atomic E-state index is -2.78. The van der Waals surface area contributed by atoms with Crippen molar-refractivity contribution in [3.8, 4) is 0 Å². The molecule has 0 spiro atoms. The number of alkyl halides is 3. The summed E-state index contributed by atoms with van der Waals surface area (Å²) < 4.78 is 25.0. The van der Waals surface area contributed by atoms with Crippen LogP contribution in [0.1, 0.15) is 27.9 Å². The molecule has 0 saturated heterocycles. The molecule has 0 aliphatic heterocycles. The summed E-state index contributed by atoms with van der Waals surface area (Å²) in [4.78, 5) is 14.0. The van der Waals surface area contributed by atoms with Crippen molar-refractivity contribution in [2.24, 2.45) is 0 Å². The first kappa shape index (κ1) is 10.8. The highest BCUT2D eigenvalue weighted by atomic mass is 35.5. The number of aromatic nitrogens is 1. The number of carbonyl (C=O) groups is 1. The Hall–Kier alpha value is -1.23. The highest BCUT2D eigenvalue weighted by Gasteiger charge is 2.19. The summed E-state index contributed by atoms with van der Waals surface area (Å²) in [6.07, 6.45) is -1.22.